The highest BCUT2D eigenvalue weighted by Crippen LogP contribution is 2.25. The van der Waals surface area contributed by atoms with Gasteiger partial charge in [0, 0.05) is 19.5 Å². The maximum Gasteiger partial charge on any atom is 0.223 e. The molecule has 0 spiro atoms. The summed E-state index contributed by atoms with van der Waals surface area (Å²) in [4.78, 5) is 14.0. The minimum absolute atomic E-state index is 0.0424. The first-order valence-electron chi connectivity index (χ1n) is 7.69. The Hall–Kier alpha value is -1.30. The first-order valence-corrected chi connectivity index (χ1v) is 9.41. The van der Waals surface area contributed by atoms with Crippen LogP contribution in [0.15, 0.2) is 22.8 Å². The van der Waals surface area contributed by atoms with Crippen molar-refractivity contribution < 1.29 is 17.6 Å². The highest BCUT2D eigenvalue weighted by molar-refractivity contribution is 7.91. The van der Waals surface area contributed by atoms with Crippen LogP contribution >= 0.6 is 0 Å². The van der Waals surface area contributed by atoms with Crippen LogP contribution in [0.5, 0.6) is 0 Å². The third kappa shape index (κ3) is 4.60. The van der Waals surface area contributed by atoms with E-state index >= 15 is 0 Å². The maximum absolute atomic E-state index is 12.4. The van der Waals surface area contributed by atoms with Crippen LogP contribution in [0.25, 0.3) is 0 Å². The normalized spacial score (nSPS) is 17.7. The zero-order chi connectivity index (χ0) is 16.4. The molecule has 22 heavy (non-hydrogen) atoms. The molecule has 1 aliphatic rings. The lowest BCUT2D eigenvalue weighted by Crippen LogP contribution is -2.43. The summed E-state index contributed by atoms with van der Waals surface area (Å²) >= 11 is 0. The molecule has 1 aromatic rings. The Morgan fingerprint density at radius 1 is 1.32 bits per heavy atom. The smallest absolute Gasteiger partial charge is 0.223 e. The minimum atomic E-state index is -3.22. The van der Waals surface area contributed by atoms with Crippen LogP contribution in [0, 0.1) is 5.41 Å². The van der Waals surface area contributed by atoms with E-state index in [0.717, 1.165) is 0 Å². The first-order chi connectivity index (χ1) is 10.2. The monoisotopic (exact) mass is 327 g/mol. The van der Waals surface area contributed by atoms with E-state index < -0.39 is 9.84 Å². The second-order valence-corrected chi connectivity index (χ2v) is 9.49. The van der Waals surface area contributed by atoms with Crippen molar-refractivity contribution in [2.24, 2.45) is 5.41 Å². The molecule has 1 fully saturated rings. The molecule has 124 valence electrons. The fourth-order valence-corrected chi connectivity index (χ4v) is 4.47. The van der Waals surface area contributed by atoms with Crippen molar-refractivity contribution in [2.75, 3.05) is 13.1 Å². The molecule has 0 unspecified atom stereocenters. The van der Waals surface area contributed by atoms with Crippen molar-refractivity contribution in [1.29, 1.82) is 0 Å². The van der Waals surface area contributed by atoms with Crippen molar-refractivity contribution in [3.05, 3.63) is 24.2 Å². The second-order valence-electron chi connectivity index (χ2n) is 7.20. The summed E-state index contributed by atoms with van der Waals surface area (Å²) < 4.78 is 29.9. The Balaban J connectivity index is 1.90. The van der Waals surface area contributed by atoms with Crippen molar-refractivity contribution in [3.63, 3.8) is 0 Å². The number of sulfone groups is 1. The van der Waals surface area contributed by atoms with Crippen LogP contribution in [0.1, 0.15) is 45.8 Å². The van der Waals surface area contributed by atoms with E-state index in [1.807, 2.05) is 20.8 Å². The number of likely N-dealkylation sites (tertiary alicyclic amines) is 1. The summed E-state index contributed by atoms with van der Waals surface area (Å²) in [6, 6.07) is 3.37. The number of furan rings is 1. The molecule has 1 amide bonds. The average Bonchev–Trinajstić information content (AvgIpc) is 2.89. The molecule has 0 atom stereocenters. The van der Waals surface area contributed by atoms with Gasteiger partial charge in [0.1, 0.15) is 11.5 Å². The molecule has 2 rings (SSSR count). The third-order valence-electron chi connectivity index (χ3n) is 3.91. The Morgan fingerprint density at radius 3 is 2.45 bits per heavy atom. The van der Waals surface area contributed by atoms with E-state index in [4.69, 9.17) is 4.42 Å². The molecule has 6 heteroatoms. The van der Waals surface area contributed by atoms with Gasteiger partial charge in [0.2, 0.25) is 5.91 Å². The molecule has 1 aromatic heterocycles. The average molecular weight is 327 g/mol. The quantitative estimate of drug-likeness (QED) is 0.852. The van der Waals surface area contributed by atoms with Crippen LogP contribution in [0.3, 0.4) is 0 Å². The molecule has 1 aliphatic heterocycles. The summed E-state index contributed by atoms with van der Waals surface area (Å²) in [5.41, 5.74) is -0.0424. The first kappa shape index (κ1) is 17.1. The molecule has 0 aliphatic carbocycles. The number of piperidine rings is 1. The van der Waals surface area contributed by atoms with E-state index in [2.05, 4.69) is 0 Å². The van der Waals surface area contributed by atoms with E-state index in [1.54, 1.807) is 17.0 Å². The highest BCUT2D eigenvalue weighted by atomic mass is 32.2. The molecule has 1 saturated heterocycles. The highest BCUT2D eigenvalue weighted by Gasteiger charge is 2.32. The van der Waals surface area contributed by atoms with Gasteiger partial charge in [-0.3, -0.25) is 4.79 Å². The van der Waals surface area contributed by atoms with E-state index in [9.17, 15) is 13.2 Å². The zero-order valence-electron chi connectivity index (χ0n) is 13.5. The number of carbonyl (C=O) groups excluding carboxylic acids is 1. The van der Waals surface area contributed by atoms with Gasteiger partial charge >= 0.3 is 0 Å². The molecule has 0 N–H and O–H groups in total. The summed E-state index contributed by atoms with van der Waals surface area (Å²) in [7, 11) is -3.22. The van der Waals surface area contributed by atoms with E-state index in [1.165, 1.54) is 6.26 Å². The van der Waals surface area contributed by atoms with Gasteiger partial charge < -0.3 is 9.32 Å². The van der Waals surface area contributed by atoms with Crippen LogP contribution in [0.4, 0.5) is 0 Å². The summed E-state index contributed by atoms with van der Waals surface area (Å²) in [5, 5.41) is -0.378. The van der Waals surface area contributed by atoms with Crippen LogP contribution in [0.2, 0.25) is 0 Å². The summed E-state index contributed by atoms with van der Waals surface area (Å²) in [6.45, 7) is 7.15. The number of nitrogens with zero attached hydrogens (tertiary/aromatic N) is 1. The minimum Gasteiger partial charge on any atom is -0.468 e. The van der Waals surface area contributed by atoms with Gasteiger partial charge in [0.25, 0.3) is 0 Å². The van der Waals surface area contributed by atoms with E-state index in [-0.39, 0.29) is 22.3 Å². The molecule has 0 saturated carbocycles. The standard InChI is InChI=1S/C16H25NO4S/c1-16(2,3)11-15(18)17-8-6-14(7-9-17)22(19,20)12-13-5-4-10-21-13/h4-5,10,14H,6-9,11-12H2,1-3H3. The Labute approximate surface area is 132 Å². The van der Waals surface area contributed by atoms with Crippen molar-refractivity contribution in [3.8, 4) is 0 Å². The topological polar surface area (TPSA) is 67.6 Å². The van der Waals surface area contributed by atoms with Crippen LogP contribution in [-0.2, 0) is 20.4 Å². The van der Waals surface area contributed by atoms with Crippen molar-refractivity contribution in [2.45, 2.75) is 51.0 Å². The molecule has 0 radical (unpaired) electrons. The predicted octanol–water partition coefficient (Wildman–Crippen LogP) is 2.62. The SMILES string of the molecule is CC(C)(C)CC(=O)N1CCC(S(=O)(=O)Cc2ccco2)CC1. The van der Waals surface area contributed by atoms with Gasteiger partial charge in [-0.15, -0.1) is 0 Å². The van der Waals surface area contributed by atoms with Crippen molar-refractivity contribution in [1.82, 2.24) is 4.90 Å². The number of hydrogen-bond acceptors (Lipinski definition) is 4. The van der Waals surface area contributed by atoms with Gasteiger partial charge in [-0.05, 0) is 30.4 Å². The Morgan fingerprint density at radius 2 is 1.95 bits per heavy atom. The lowest BCUT2D eigenvalue weighted by Gasteiger charge is -2.33. The fraction of sp³-hybridized carbons (Fsp3) is 0.688. The number of hydrogen-bond donors (Lipinski definition) is 0. The maximum atomic E-state index is 12.4. The Bertz CT molecular complexity index is 591. The van der Waals surface area contributed by atoms with Gasteiger partial charge in [0.15, 0.2) is 9.84 Å². The summed E-state index contributed by atoms with van der Waals surface area (Å²) in [6.07, 6.45) is 3.01. The molecule has 5 nitrogen and oxygen atoms in total. The molecule has 2 heterocycles. The number of carbonyl (C=O) groups is 1. The van der Waals surface area contributed by atoms with E-state index in [0.29, 0.717) is 38.1 Å². The van der Waals surface area contributed by atoms with Crippen LogP contribution < -0.4 is 0 Å². The van der Waals surface area contributed by atoms with Gasteiger partial charge in [-0.25, -0.2) is 8.42 Å². The molecule has 0 bridgehead atoms. The van der Waals surface area contributed by atoms with Gasteiger partial charge in [0.05, 0.1) is 11.5 Å². The predicted molar refractivity (Wildman–Crippen MR) is 85.0 cm³/mol. The van der Waals surface area contributed by atoms with Crippen molar-refractivity contribution >= 4 is 15.7 Å². The molecular weight excluding hydrogens is 302 g/mol. The van der Waals surface area contributed by atoms with Crippen LogP contribution in [-0.4, -0.2) is 37.6 Å². The lowest BCUT2D eigenvalue weighted by molar-refractivity contribution is -0.133. The fourth-order valence-electron chi connectivity index (χ4n) is 2.74. The Kier molecular flexibility index (Phi) is 5.00. The van der Waals surface area contributed by atoms with Gasteiger partial charge in [-0.1, -0.05) is 20.8 Å². The third-order valence-corrected chi connectivity index (χ3v) is 6.08. The molecular formula is C16H25NO4S. The number of amides is 1. The summed E-state index contributed by atoms with van der Waals surface area (Å²) in [5.74, 6) is 0.543. The zero-order valence-corrected chi connectivity index (χ0v) is 14.4. The largest absolute Gasteiger partial charge is 0.468 e. The second kappa shape index (κ2) is 6.44. The molecule has 0 aromatic carbocycles. The number of rotatable bonds is 4. The lowest BCUT2D eigenvalue weighted by atomic mass is 9.91. The van der Waals surface area contributed by atoms with Gasteiger partial charge in [-0.2, -0.15) is 0 Å².